The number of urea groups is 1. The number of nitrogens with one attached hydrogen (secondary N) is 2. The molecule has 114 valence electrons. The molecule has 0 unspecified atom stereocenters. The first-order chi connectivity index (χ1) is 9.81. The second-order valence-corrected chi connectivity index (χ2v) is 5.62. The average Bonchev–Trinajstić information content (AvgIpc) is 2.96. The molecule has 2 N–H and O–H groups in total. The van der Waals surface area contributed by atoms with Crippen LogP contribution in [0.1, 0.15) is 25.8 Å². The van der Waals surface area contributed by atoms with Crippen molar-refractivity contribution in [3.63, 3.8) is 0 Å². The molecule has 0 saturated carbocycles. The van der Waals surface area contributed by atoms with E-state index in [-0.39, 0.29) is 24.8 Å². The number of amides is 4. The summed E-state index contributed by atoms with van der Waals surface area (Å²) >= 11 is 0. The van der Waals surface area contributed by atoms with Gasteiger partial charge in [-0.15, -0.1) is 0 Å². The van der Waals surface area contributed by atoms with Crippen molar-refractivity contribution in [1.82, 2.24) is 25.3 Å². The highest BCUT2D eigenvalue weighted by atomic mass is 16.2. The zero-order valence-electron chi connectivity index (χ0n) is 12.3. The average molecular weight is 293 g/mol. The van der Waals surface area contributed by atoms with Crippen molar-refractivity contribution in [2.75, 3.05) is 13.6 Å². The summed E-state index contributed by atoms with van der Waals surface area (Å²) in [6.07, 6.45) is 3.46. The molecule has 0 aromatic carbocycles. The quantitative estimate of drug-likeness (QED) is 0.752. The molecule has 0 atom stereocenters. The molecule has 0 bridgehead atoms. The molecule has 1 fully saturated rings. The molecule has 8 nitrogen and oxygen atoms in total. The second-order valence-electron chi connectivity index (χ2n) is 5.62. The Morgan fingerprint density at radius 1 is 1.43 bits per heavy atom. The van der Waals surface area contributed by atoms with Gasteiger partial charge in [0.25, 0.3) is 5.91 Å². The molecule has 1 saturated heterocycles. The molecule has 1 aliphatic rings. The van der Waals surface area contributed by atoms with Crippen LogP contribution in [0, 0.1) is 0 Å². The molecule has 0 aliphatic carbocycles. The number of carbonyl (C=O) groups excluding carboxylic acids is 3. The lowest BCUT2D eigenvalue weighted by Crippen LogP contribution is -2.40. The lowest BCUT2D eigenvalue weighted by atomic mass is 10.1. The standard InChI is InChI=1S/C13H19N5O3/c1-13(2)11(20)18(12(21)16-13)5-4-10(19)17(3)8-9-6-14-15-7-9/h6-7H,4-5,8H2,1-3H3,(H,14,15)(H,16,21). The fourth-order valence-corrected chi connectivity index (χ4v) is 2.15. The number of imide groups is 1. The largest absolute Gasteiger partial charge is 0.341 e. The Hall–Kier alpha value is -2.38. The lowest BCUT2D eigenvalue weighted by molar-refractivity contribution is -0.132. The van der Waals surface area contributed by atoms with Crippen molar-refractivity contribution in [3.05, 3.63) is 18.0 Å². The molecule has 21 heavy (non-hydrogen) atoms. The van der Waals surface area contributed by atoms with Crippen molar-refractivity contribution in [2.45, 2.75) is 32.4 Å². The molecule has 1 aliphatic heterocycles. The van der Waals surface area contributed by atoms with Crippen molar-refractivity contribution in [1.29, 1.82) is 0 Å². The van der Waals surface area contributed by atoms with Crippen LogP contribution in [-0.4, -0.2) is 57.0 Å². The maximum absolute atomic E-state index is 12.0. The summed E-state index contributed by atoms with van der Waals surface area (Å²) in [5, 5.41) is 9.07. The Morgan fingerprint density at radius 3 is 2.67 bits per heavy atom. The fourth-order valence-electron chi connectivity index (χ4n) is 2.15. The fraction of sp³-hybridized carbons (Fsp3) is 0.538. The summed E-state index contributed by atoms with van der Waals surface area (Å²) in [4.78, 5) is 38.3. The molecule has 8 heteroatoms. The van der Waals surface area contributed by atoms with E-state index in [9.17, 15) is 14.4 Å². The number of nitrogens with zero attached hydrogens (tertiary/aromatic N) is 3. The van der Waals surface area contributed by atoms with Gasteiger partial charge in [-0.05, 0) is 13.8 Å². The zero-order chi connectivity index (χ0) is 15.6. The van der Waals surface area contributed by atoms with E-state index < -0.39 is 11.6 Å². The Labute approximate surface area is 122 Å². The molecular weight excluding hydrogens is 274 g/mol. The SMILES string of the molecule is CN(Cc1cn[nH]c1)C(=O)CCN1C(=O)NC(C)(C)C1=O. The van der Waals surface area contributed by atoms with E-state index >= 15 is 0 Å². The van der Waals surface area contributed by atoms with Crippen LogP contribution >= 0.6 is 0 Å². The molecular formula is C13H19N5O3. The number of aromatic amines is 1. The monoisotopic (exact) mass is 293 g/mol. The van der Waals surface area contributed by atoms with Gasteiger partial charge in [-0.2, -0.15) is 5.10 Å². The maximum atomic E-state index is 12.0. The third-order valence-corrected chi connectivity index (χ3v) is 3.39. The van der Waals surface area contributed by atoms with Gasteiger partial charge in [0.05, 0.1) is 6.20 Å². The highest BCUT2D eigenvalue weighted by molar-refractivity contribution is 6.06. The number of carbonyl (C=O) groups is 3. The first-order valence-electron chi connectivity index (χ1n) is 6.67. The summed E-state index contributed by atoms with van der Waals surface area (Å²) in [7, 11) is 1.67. The van der Waals surface area contributed by atoms with E-state index in [4.69, 9.17) is 0 Å². The van der Waals surface area contributed by atoms with Gasteiger partial charge in [-0.25, -0.2) is 4.79 Å². The van der Waals surface area contributed by atoms with E-state index in [2.05, 4.69) is 15.5 Å². The van der Waals surface area contributed by atoms with Gasteiger partial charge in [-0.1, -0.05) is 0 Å². The summed E-state index contributed by atoms with van der Waals surface area (Å²) in [6, 6.07) is -0.449. The van der Waals surface area contributed by atoms with Crippen LogP contribution in [0.15, 0.2) is 12.4 Å². The predicted molar refractivity (Wildman–Crippen MR) is 74.0 cm³/mol. The first kappa shape index (κ1) is 15.0. The molecule has 1 aromatic rings. The van der Waals surface area contributed by atoms with Crippen LogP contribution in [0.25, 0.3) is 0 Å². The van der Waals surface area contributed by atoms with Gasteiger partial charge in [-0.3, -0.25) is 19.6 Å². The topological polar surface area (TPSA) is 98.4 Å². The normalized spacial score (nSPS) is 17.0. The minimum absolute atomic E-state index is 0.0860. The lowest BCUT2D eigenvalue weighted by Gasteiger charge is -2.19. The Morgan fingerprint density at radius 2 is 2.14 bits per heavy atom. The third-order valence-electron chi connectivity index (χ3n) is 3.39. The van der Waals surface area contributed by atoms with Crippen molar-refractivity contribution in [2.24, 2.45) is 0 Å². The molecule has 4 amide bonds. The number of H-pyrrole nitrogens is 1. The highest BCUT2D eigenvalue weighted by Gasteiger charge is 2.44. The predicted octanol–water partition coefficient (Wildman–Crippen LogP) is 0.0886. The van der Waals surface area contributed by atoms with Crippen LogP contribution in [0.2, 0.25) is 0 Å². The second kappa shape index (κ2) is 5.55. The molecule has 2 heterocycles. The highest BCUT2D eigenvalue weighted by Crippen LogP contribution is 2.16. The summed E-state index contributed by atoms with van der Waals surface area (Å²) < 4.78 is 0. The summed E-state index contributed by atoms with van der Waals surface area (Å²) in [5.41, 5.74) is -0.00926. The Balaban J connectivity index is 1.86. The summed E-state index contributed by atoms with van der Waals surface area (Å²) in [6.45, 7) is 3.80. The van der Waals surface area contributed by atoms with E-state index in [1.54, 1.807) is 33.3 Å². The van der Waals surface area contributed by atoms with Gasteiger partial charge < -0.3 is 10.2 Å². The first-order valence-corrected chi connectivity index (χ1v) is 6.67. The van der Waals surface area contributed by atoms with Gasteiger partial charge in [0, 0.05) is 38.3 Å². The van der Waals surface area contributed by atoms with Crippen LogP contribution in [0.5, 0.6) is 0 Å². The van der Waals surface area contributed by atoms with E-state index in [0.29, 0.717) is 6.54 Å². The van der Waals surface area contributed by atoms with Crippen molar-refractivity contribution < 1.29 is 14.4 Å². The molecule has 0 spiro atoms. The molecule has 2 rings (SSSR count). The van der Waals surface area contributed by atoms with E-state index in [0.717, 1.165) is 10.5 Å². The third kappa shape index (κ3) is 3.21. The maximum Gasteiger partial charge on any atom is 0.325 e. The van der Waals surface area contributed by atoms with Crippen LogP contribution in [0.4, 0.5) is 4.79 Å². The molecule has 0 radical (unpaired) electrons. The van der Waals surface area contributed by atoms with Crippen LogP contribution < -0.4 is 5.32 Å². The van der Waals surface area contributed by atoms with Gasteiger partial charge >= 0.3 is 6.03 Å². The molecule has 1 aromatic heterocycles. The minimum Gasteiger partial charge on any atom is -0.341 e. The number of hydrogen-bond donors (Lipinski definition) is 2. The Bertz CT molecular complexity index is 552. The van der Waals surface area contributed by atoms with Crippen molar-refractivity contribution in [3.8, 4) is 0 Å². The minimum atomic E-state index is -0.900. The number of rotatable bonds is 5. The van der Waals surface area contributed by atoms with Crippen molar-refractivity contribution >= 4 is 17.8 Å². The van der Waals surface area contributed by atoms with E-state index in [1.807, 2.05) is 0 Å². The van der Waals surface area contributed by atoms with Gasteiger partial charge in [0.15, 0.2) is 0 Å². The number of hydrogen-bond acceptors (Lipinski definition) is 4. The van der Waals surface area contributed by atoms with Gasteiger partial charge in [0.1, 0.15) is 5.54 Å². The van der Waals surface area contributed by atoms with Crippen LogP contribution in [-0.2, 0) is 16.1 Å². The zero-order valence-corrected chi connectivity index (χ0v) is 12.3. The number of aromatic nitrogens is 2. The van der Waals surface area contributed by atoms with E-state index in [1.165, 1.54) is 4.90 Å². The van der Waals surface area contributed by atoms with Gasteiger partial charge in [0.2, 0.25) is 5.91 Å². The summed E-state index contributed by atoms with van der Waals surface area (Å²) in [5.74, 6) is -0.445. The van der Waals surface area contributed by atoms with Crippen LogP contribution in [0.3, 0.4) is 0 Å². The Kier molecular flexibility index (Phi) is 3.97. The smallest absolute Gasteiger partial charge is 0.325 e.